The van der Waals surface area contributed by atoms with Gasteiger partial charge in [-0.2, -0.15) is 0 Å². The number of ether oxygens (including phenoxy) is 1. The third kappa shape index (κ3) is 4.88. The maximum Gasteiger partial charge on any atom is 0.270 e. The number of sulfonamides is 1. The molecule has 166 valence electrons. The summed E-state index contributed by atoms with van der Waals surface area (Å²) < 4.78 is 34.2. The molecule has 1 heterocycles. The number of para-hydroxylation sites is 2. The largest absolute Gasteiger partial charge is 0.495 e. The normalized spacial score (nSPS) is 14.7. The fraction of sp³-hybridized carbons (Fsp3) is 0.350. The van der Waals surface area contributed by atoms with Gasteiger partial charge in [0.15, 0.2) is 0 Å². The lowest BCUT2D eigenvalue weighted by Crippen LogP contribution is -2.40. The van der Waals surface area contributed by atoms with E-state index in [2.05, 4.69) is 10.0 Å². The van der Waals surface area contributed by atoms with Crippen molar-refractivity contribution in [3.05, 3.63) is 52.6 Å². The van der Waals surface area contributed by atoms with E-state index in [1.54, 1.807) is 31.3 Å². The topological polar surface area (TPSA) is 131 Å². The van der Waals surface area contributed by atoms with Gasteiger partial charge in [-0.1, -0.05) is 12.1 Å². The van der Waals surface area contributed by atoms with Gasteiger partial charge < -0.3 is 15.0 Å². The van der Waals surface area contributed by atoms with Gasteiger partial charge in [0, 0.05) is 38.2 Å². The van der Waals surface area contributed by atoms with E-state index in [0.717, 1.165) is 6.07 Å². The van der Waals surface area contributed by atoms with Crippen molar-refractivity contribution in [1.82, 2.24) is 5.32 Å². The van der Waals surface area contributed by atoms with Crippen molar-refractivity contribution in [3.8, 4) is 5.75 Å². The van der Waals surface area contributed by atoms with Crippen LogP contribution in [0.4, 0.5) is 17.1 Å². The molecule has 1 aliphatic heterocycles. The molecule has 0 unspecified atom stereocenters. The van der Waals surface area contributed by atoms with E-state index in [0.29, 0.717) is 37.4 Å². The van der Waals surface area contributed by atoms with Crippen LogP contribution in [-0.4, -0.2) is 46.5 Å². The Labute approximate surface area is 180 Å². The number of hydrogen-bond donors (Lipinski definition) is 2. The average Bonchev–Trinajstić information content (AvgIpc) is 2.78. The average molecular weight is 449 g/mol. The number of piperidine rings is 1. The Balaban J connectivity index is 1.97. The van der Waals surface area contributed by atoms with Crippen LogP contribution in [0.2, 0.25) is 0 Å². The molecule has 2 aromatic carbocycles. The first-order chi connectivity index (χ1) is 14.8. The van der Waals surface area contributed by atoms with E-state index in [9.17, 15) is 23.3 Å². The Morgan fingerprint density at radius 3 is 2.48 bits per heavy atom. The van der Waals surface area contributed by atoms with Crippen LogP contribution in [0.5, 0.6) is 5.75 Å². The second-order valence-electron chi connectivity index (χ2n) is 7.09. The number of rotatable bonds is 7. The molecule has 2 N–H and O–H groups in total. The number of benzene rings is 2. The van der Waals surface area contributed by atoms with E-state index >= 15 is 0 Å². The van der Waals surface area contributed by atoms with Crippen molar-refractivity contribution in [2.24, 2.45) is 5.92 Å². The summed E-state index contributed by atoms with van der Waals surface area (Å²) in [6.07, 6.45) is 1.10. The van der Waals surface area contributed by atoms with Crippen LogP contribution in [0.15, 0.2) is 47.4 Å². The molecule has 0 saturated carbocycles. The molecule has 0 atom stereocenters. The Bertz CT molecular complexity index is 1080. The van der Waals surface area contributed by atoms with Crippen LogP contribution >= 0.6 is 0 Å². The SMILES string of the molecule is CNC(=O)C1CCN(c2ccc([N+](=O)[O-])cc2S(=O)(=O)Nc2ccccc2OC)CC1. The molecule has 0 bridgehead atoms. The standard InChI is InChI=1S/C20H24N4O6S/c1-21-20(25)14-9-11-23(12-10-14)17-8-7-15(24(26)27)13-19(17)31(28,29)22-16-5-3-4-6-18(16)30-2/h3-8,13-14,22H,9-12H2,1-2H3,(H,21,25). The number of nitro groups is 1. The van der Waals surface area contributed by atoms with Gasteiger partial charge in [0.05, 0.1) is 23.4 Å². The zero-order chi connectivity index (χ0) is 22.6. The van der Waals surface area contributed by atoms with Crippen LogP contribution in [-0.2, 0) is 14.8 Å². The zero-order valence-corrected chi connectivity index (χ0v) is 18.0. The van der Waals surface area contributed by atoms with Crippen molar-refractivity contribution >= 4 is 33.0 Å². The Kier molecular flexibility index (Phi) is 6.64. The molecule has 11 heteroatoms. The number of methoxy groups -OCH3 is 1. The highest BCUT2D eigenvalue weighted by atomic mass is 32.2. The molecular formula is C20H24N4O6S. The van der Waals surface area contributed by atoms with Crippen LogP contribution in [0.25, 0.3) is 0 Å². The number of hydrogen-bond acceptors (Lipinski definition) is 7. The van der Waals surface area contributed by atoms with Crippen molar-refractivity contribution in [2.45, 2.75) is 17.7 Å². The van der Waals surface area contributed by atoms with E-state index < -0.39 is 14.9 Å². The molecule has 1 fully saturated rings. The molecule has 10 nitrogen and oxygen atoms in total. The molecule has 31 heavy (non-hydrogen) atoms. The first-order valence-corrected chi connectivity index (χ1v) is 11.2. The summed E-state index contributed by atoms with van der Waals surface area (Å²) in [6.45, 7) is 0.903. The number of anilines is 2. The van der Waals surface area contributed by atoms with Gasteiger partial charge in [0.1, 0.15) is 10.6 Å². The Morgan fingerprint density at radius 2 is 1.87 bits per heavy atom. The van der Waals surface area contributed by atoms with Crippen LogP contribution in [0.3, 0.4) is 0 Å². The molecule has 2 aromatic rings. The minimum atomic E-state index is -4.17. The van der Waals surface area contributed by atoms with Crippen molar-refractivity contribution < 1.29 is 22.9 Å². The number of nitro benzene ring substituents is 1. The summed E-state index contributed by atoms with van der Waals surface area (Å²) in [5.74, 6) is 0.129. The predicted molar refractivity (Wildman–Crippen MR) is 116 cm³/mol. The summed E-state index contributed by atoms with van der Waals surface area (Å²) in [4.78, 5) is 24.2. The highest BCUT2D eigenvalue weighted by molar-refractivity contribution is 7.93. The summed E-state index contributed by atoms with van der Waals surface area (Å²) in [7, 11) is -1.17. The maximum absolute atomic E-state index is 13.2. The van der Waals surface area contributed by atoms with Crippen LogP contribution in [0.1, 0.15) is 12.8 Å². The molecule has 1 amide bonds. The number of nitrogens with one attached hydrogen (secondary N) is 2. The zero-order valence-electron chi connectivity index (χ0n) is 17.2. The first kappa shape index (κ1) is 22.3. The monoisotopic (exact) mass is 448 g/mol. The van der Waals surface area contributed by atoms with E-state index in [1.165, 1.54) is 19.2 Å². The third-order valence-electron chi connectivity index (χ3n) is 5.25. The highest BCUT2D eigenvalue weighted by Crippen LogP contribution is 2.34. The number of carbonyl (C=O) groups excluding carboxylic acids is 1. The van der Waals surface area contributed by atoms with Gasteiger partial charge >= 0.3 is 0 Å². The van der Waals surface area contributed by atoms with E-state index in [4.69, 9.17) is 4.74 Å². The predicted octanol–water partition coefficient (Wildman–Crippen LogP) is 2.37. The molecule has 1 saturated heterocycles. The van der Waals surface area contributed by atoms with Crippen LogP contribution < -0.4 is 19.7 Å². The van der Waals surface area contributed by atoms with Gasteiger partial charge in [-0.3, -0.25) is 19.6 Å². The first-order valence-electron chi connectivity index (χ1n) is 9.67. The fourth-order valence-corrected chi connectivity index (χ4v) is 4.92. The number of nitrogens with zero attached hydrogens (tertiary/aromatic N) is 2. The lowest BCUT2D eigenvalue weighted by Gasteiger charge is -2.33. The molecule has 0 spiro atoms. The fourth-order valence-electron chi connectivity index (χ4n) is 3.61. The van der Waals surface area contributed by atoms with Crippen LogP contribution in [0, 0.1) is 16.0 Å². The molecule has 0 aliphatic carbocycles. The Morgan fingerprint density at radius 1 is 1.19 bits per heavy atom. The van der Waals surface area contributed by atoms with Gasteiger partial charge in [0.2, 0.25) is 5.91 Å². The summed E-state index contributed by atoms with van der Waals surface area (Å²) in [5.41, 5.74) is 0.244. The number of carbonyl (C=O) groups is 1. The molecule has 3 rings (SSSR count). The smallest absolute Gasteiger partial charge is 0.270 e. The molecule has 1 aliphatic rings. The minimum absolute atomic E-state index is 0.0472. The van der Waals surface area contributed by atoms with Crippen molar-refractivity contribution in [1.29, 1.82) is 0 Å². The second kappa shape index (κ2) is 9.21. The molecule has 0 aromatic heterocycles. The molecular weight excluding hydrogens is 424 g/mol. The summed E-state index contributed by atoms with van der Waals surface area (Å²) in [6, 6.07) is 10.3. The second-order valence-corrected chi connectivity index (χ2v) is 8.74. The third-order valence-corrected chi connectivity index (χ3v) is 6.64. The summed E-state index contributed by atoms with van der Waals surface area (Å²) in [5, 5.41) is 13.9. The van der Waals surface area contributed by atoms with E-state index in [-0.39, 0.29) is 28.1 Å². The molecule has 0 radical (unpaired) electrons. The van der Waals surface area contributed by atoms with Crippen molar-refractivity contribution in [3.63, 3.8) is 0 Å². The van der Waals surface area contributed by atoms with E-state index in [1.807, 2.05) is 4.90 Å². The number of non-ortho nitro benzene ring substituents is 1. The maximum atomic E-state index is 13.2. The minimum Gasteiger partial charge on any atom is -0.495 e. The number of amides is 1. The van der Waals surface area contributed by atoms with Gasteiger partial charge in [-0.25, -0.2) is 8.42 Å². The lowest BCUT2D eigenvalue weighted by atomic mass is 9.95. The van der Waals surface area contributed by atoms with Crippen molar-refractivity contribution in [2.75, 3.05) is 36.9 Å². The lowest BCUT2D eigenvalue weighted by molar-refractivity contribution is -0.385. The van der Waals surface area contributed by atoms with Gasteiger partial charge in [-0.05, 0) is 31.0 Å². The highest BCUT2D eigenvalue weighted by Gasteiger charge is 2.30. The quantitative estimate of drug-likeness (QED) is 0.491. The van der Waals surface area contributed by atoms with Gasteiger partial charge in [0.25, 0.3) is 15.7 Å². The van der Waals surface area contributed by atoms with Gasteiger partial charge in [-0.15, -0.1) is 0 Å². The Hall–Kier alpha value is -3.34. The summed E-state index contributed by atoms with van der Waals surface area (Å²) >= 11 is 0.